The first-order valence-electron chi connectivity index (χ1n) is 7.03. The van der Waals surface area contributed by atoms with Crippen molar-refractivity contribution < 1.29 is 0 Å². The van der Waals surface area contributed by atoms with Crippen molar-refractivity contribution in [2.75, 3.05) is 17.6 Å². The summed E-state index contributed by atoms with van der Waals surface area (Å²) in [5.74, 6) is 1.99. The first-order valence-corrected chi connectivity index (χ1v) is 7.03. The summed E-state index contributed by atoms with van der Waals surface area (Å²) in [5.41, 5.74) is 6.36. The van der Waals surface area contributed by atoms with Gasteiger partial charge in [-0.15, -0.1) is 0 Å². The average Bonchev–Trinajstić information content (AvgIpc) is 3.04. The van der Waals surface area contributed by atoms with Gasteiger partial charge in [0.1, 0.15) is 5.82 Å². The summed E-state index contributed by atoms with van der Waals surface area (Å²) in [6.45, 7) is 0.924. The van der Waals surface area contributed by atoms with E-state index in [1.165, 1.54) is 38.5 Å². The van der Waals surface area contributed by atoms with Crippen LogP contribution in [0.5, 0.6) is 0 Å². The second-order valence-electron chi connectivity index (χ2n) is 5.28. The molecular formula is C13H20N6. The van der Waals surface area contributed by atoms with E-state index in [0.717, 1.165) is 23.7 Å². The van der Waals surface area contributed by atoms with E-state index in [1.54, 1.807) is 6.20 Å². The third kappa shape index (κ3) is 2.77. The number of hydrogen-bond donors (Lipinski definition) is 3. The van der Waals surface area contributed by atoms with Crippen molar-refractivity contribution in [2.45, 2.75) is 38.5 Å². The van der Waals surface area contributed by atoms with Crippen molar-refractivity contribution in [2.24, 2.45) is 5.92 Å². The Kier molecular flexibility index (Phi) is 3.48. The maximum atomic E-state index is 5.68. The van der Waals surface area contributed by atoms with Gasteiger partial charge in [-0.3, -0.25) is 5.10 Å². The van der Waals surface area contributed by atoms with E-state index in [9.17, 15) is 0 Å². The summed E-state index contributed by atoms with van der Waals surface area (Å²) in [7, 11) is 0. The minimum absolute atomic E-state index is 0.273. The number of nitrogens with one attached hydrogen (secondary N) is 2. The van der Waals surface area contributed by atoms with Crippen molar-refractivity contribution in [1.82, 2.24) is 20.2 Å². The van der Waals surface area contributed by atoms with Gasteiger partial charge in [-0.05, 0) is 18.8 Å². The molecule has 1 fully saturated rings. The highest BCUT2D eigenvalue weighted by molar-refractivity contribution is 5.86. The van der Waals surface area contributed by atoms with Crippen LogP contribution < -0.4 is 11.1 Å². The normalized spacial score (nSPS) is 16.2. The molecule has 0 aliphatic heterocycles. The lowest BCUT2D eigenvalue weighted by Crippen LogP contribution is -2.07. The van der Waals surface area contributed by atoms with Crippen LogP contribution >= 0.6 is 0 Å². The molecule has 1 saturated carbocycles. The molecular weight excluding hydrogens is 240 g/mol. The van der Waals surface area contributed by atoms with Crippen LogP contribution in [0.4, 0.5) is 11.8 Å². The zero-order valence-electron chi connectivity index (χ0n) is 11.0. The number of aromatic amines is 1. The number of rotatable bonds is 5. The molecule has 4 N–H and O–H groups in total. The molecule has 102 valence electrons. The molecule has 1 aliphatic carbocycles. The van der Waals surface area contributed by atoms with Gasteiger partial charge in [-0.2, -0.15) is 15.1 Å². The Morgan fingerprint density at radius 3 is 3.00 bits per heavy atom. The second kappa shape index (κ2) is 5.42. The first-order chi connectivity index (χ1) is 9.33. The van der Waals surface area contributed by atoms with Gasteiger partial charge in [0.25, 0.3) is 0 Å². The molecule has 0 bridgehead atoms. The number of nitrogens with two attached hydrogens (primary N) is 1. The second-order valence-corrected chi connectivity index (χ2v) is 5.28. The predicted molar refractivity (Wildman–Crippen MR) is 75.8 cm³/mol. The van der Waals surface area contributed by atoms with Gasteiger partial charge in [-0.1, -0.05) is 25.7 Å². The predicted octanol–water partition coefficient (Wildman–Crippen LogP) is 2.32. The van der Waals surface area contributed by atoms with Crippen molar-refractivity contribution in [3.8, 4) is 0 Å². The SMILES string of the molecule is Nc1nc(NCCCC2CCCC2)c2cn[nH]c2n1. The number of anilines is 2. The summed E-state index contributed by atoms with van der Waals surface area (Å²) in [4.78, 5) is 8.33. The molecule has 6 heteroatoms. The molecule has 1 aliphatic rings. The van der Waals surface area contributed by atoms with E-state index in [2.05, 4.69) is 25.5 Å². The van der Waals surface area contributed by atoms with Crippen molar-refractivity contribution in [3.63, 3.8) is 0 Å². The Labute approximate surface area is 112 Å². The monoisotopic (exact) mass is 260 g/mol. The molecule has 2 aromatic rings. The summed E-state index contributed by atoms with van der Waals surface area (Å²) in [6, 6.07) is 0. The summed E-state index contributed by atoms with van der Waals surface area (Å²) in [5, 5.41) is 11.0. The van der Waals surface area contributed by atoms with E-state index < -0.39 is 0 Å². The molecule has 0 spiro atoms. The van der Waals surface area contributed by atoms with Crippen LogP contribution in [-0.4, -0.2) is 26.7 Å². The lowest BCUT2D eigenvalue weighted by Gasteiger charge is -2.10. The van der Waals surface area contributed by atoms with Gasteiger partial charge < -0.3 is 11.1 Å². The smallest absolute Gasteiger partial charge is 0.224 e. The van der Waals surface area contributed by atoms with Crippen LogP contribution in [0, 0.1) is 5.92 Å². The third-order valence-corrected chi connectivity index (χ3v) is 3.88. The fourth-order valence-corrected chi connectivity index (χ4v) is 2.88. The maximum Gasteiger partial charge on any atom is 0.224 e. The number of nitrogen functional groups attached to an aromatic ring is 1. The number of aromatic nitrogens is 4. The van der Waals surface area contributed by atoms with E-state index in [4.69, 9.17) is 5.73 Å². The van der Waals surface area contributed by atoms with Crippen LogP contribution in [0.15, 0.2) is 6.20 Å². The Bertz CT molecular complexity index is 543. The fourth-order valence-electron chi connectivity index (χ4n) is 2.88. The van der Waals surface area contributed by atoms with Crippen molar-refractivity contribution >= 4 is 22.8 Å². The lowest BCUT2D eigenvalue weighted by atomic mass is 10.0. The molecule has 6 nitrogen and oxygen atoms in total. The molecule has 0 unspecified atom stereocenters. The van der Waals surface area contributed by atoms with E-state index in [1.807, 2.05) is 0 Å². The average molecular weight is 260 g/mol. The zero-order chi connectivity index (χ0) is 13.1. The molecule has 0 atom stereocenters. The zero-order valence-corrected chi connectivity index (χ0v) is 11.0. The number of nitrogens with zero attached hydrogens (tertiary/aromatic N) is 3. The molecule has 0 radical (unpaired) electrons. The number of H-pyrrole nitrogens is 1. The Morgan fingerprint density at radius 2 is 2.16 bits per heavy atom. The Morgan fingerprint density at radius 1 is 1.32 bits per heavy atom. The molecule has 2 heterocycles. The Hall–Kier alpha value is -1.85. The van der Waals surface area contributed by atoms with Crippen LogP contribution in [0.2, 0.25) is 0 Å². The van der Waals surface area contributed by atoms with Crippen LogP contribution in [0.1, 0.15) is 38.5 Å². The minimum Gasteiger partial charge on any atom is -0.369 e. The standard InChI is InChI=1S/C13H20N6/c14-13-17-11(10-8-16-19-12(10)18-13)15-7-3-6-9-4-1-2-5-9/h8-9H,1-7H2,(H4,14,15,16,17,18,19). The molecule has 3 rings (SSSR count). The number of hydrogen-bond acceptors (Lipinski definition) is 5. The Balaban J connectivity index is 1.57. The minimum atomic E-state index is 0.273. The van der Waals surface area contributed by atoms with Crippen LogP contribution in [0.25, 0.3) is 11.0 Å². The van der Waals surface area contributed by atoms with Gasteiger partial charge >= 0.3 is 0 Å². The highest BCUT2D eigenvalue weighted by Gasteiger charge is 2.14. The third-order valence-electron chi connectivity index (χ3n) is 3.88. The highest BCUT2D eigenvalue weighted by atomic mass is 15.2. The van der Waals surface area contributed by atoms with Crippen molar-refractivity contribution in [3.05, 3.63) is 6.20 Å². The quantitative estimate of drug-likeness (QED) is 0.717. The molecule has 0 aromatic carbocycles. The lowest BCUT2D eigenvalue weighted by molar-refractivity contribution is 0.491. The van der Waals surface area contributed by atoms with E-state index in [-0.39, 0.29) is 5.95 Å². The van der Waals surface area contributed by atoms with Crippen molar-refractivity contribution in [1.29, 1.82) is 0 Å². The number of fused-ring (bicyclic) bond motifs is 1. The molecule has 2 aromatic heterocycles. The summed E-state index contributed by atoms with van der Waals surface area (Å²) < 4.78 is 0. The van der Waals surface area contributed by atoms with Gasteiger partial charge in [0.05, 0.1) is 11.6 Å². The molecule has 0 amide bonds. The first kappa shape index (κ1) is 12.2. The largest absolute Gasteiger partial charge is 0.369 e. The molecule has 0 saturated heterocycles. The topological polar surface area (TPSA) is 92.5 Å². The van der Waals surface area contributed by atoms with Gasteiger partial charge in [0.2, 0.25) is 5.95 Å². The van der Waals surface area contributed by atoms with Crippen LogP contribution in [0.3, 0.4) is 0 Å². The van der Waals surface area contributed by atoms with E-state index in [0.29, 0.717) is 5.65 Å². The van der Waals surface area contributed by atoms with E-state index >= 15 is 0 Å². The maximum absolute atomic E-state index is 5.68. The van der Waals surface area contributed by atoms with Crippen LogP contribution in [-0.2, 0) is 0 Å². The fraction of sp³-hybridized carbons (Fsp3) is 0.615. The summed E-state index contributed by atoms with van der Waals surface area (Å²) in [6.07, 6.45) is 9.86. The van der Waals surface area contributed by atoms with Gasteiger partial charge in [0, 0.05) is 6.54 Å². The van der Waals surface area contributed by atoms with Gasteiger partial charge in [-0.25, -0.2) is 0 Å². The molecule has 19 heavy (non-hydrogen) atoms. The van der Waals surface area contributed by atoms with Gasteiger partial charge in [0.15, 0.2) is 5.65 Å². The summed E-state index contributed by atoms with van der Waals surface area (Å²) >= 11 is 0. The highest BCUT2D eigenvalue weighted by Crippen LogP contribution is 2.28.